The van der Waals surface area contributed by atoms with Crippen LogP contribution in [0.4, 0.5) is 0 Å². The summed E-state index contributed by atoms with van der Waals surface area (Å²) >= 11 is 1.79. The molecular formula is C19H19N3S. The lowest BCUT2D eigenvalue weighted by molar-refractivity contribution is 0.587. The number of aromatic nitrogens is 3. The molecule has 2 aromatic heterocycles. The molecule has 0 aliphatic heterocycles. The van der Waals surface area contributed by atoms with Crippen LogP contribution in [0, 0.1) is 0 Å². The second-order valence-corrected chi connectivity index (χ2v) is 7.98. The van der Waals surface area contributed by atoms with Crippen molar-refractivity contribution in [1.82, 2.24) is 15.0 Å². The van der Waals surface area contributed by atoms with Gasteiger partial charge in [0.05, 0.1) is 26.3 Å². The minimum atomic E-state index is 0.0998. The number of hydrogen-bond acceptors (Lipinski definition) is 3. The van der Waals surface area contributed by atoms with Crippen LogP contribution < -0.4 is 0 Å². The van der Waals surface area contributed by atoms with Gasteiger partial charge in [-0.15, -0.1) is 11.3 Å². The standard InChI is InChI=1S/C19H19N3S/c1-19(2,3)18-22-15-9-8-12(10-16(15)23-18)11-17-20-13-6-4-5-7-14(13)21-17/h4-10H,11H2,1-3H3,(H,20,21). The van der Waals surface area contributed by atoms with Crippen molar-refractivity contribution in [3.63, 3.8) is 0 Å². The number of H-pyrrole nitrogens is 1. The maximum atomic E-state index is 4.76. The number of aromatic amines is 1. The number of nitrogens with zero attached hydrogens (tertiary/aromatic N) is 2. The highest BCUT2D eigenvalue weighted by molar-refractivity contribution is 7.18. The first-order valence-electron chi connectivity index (χ1n) is 7.83. The molecule has 23 heavy (non-hydrogen) atoms. The minimum Gasteiger partial charge on any atom is -0.342 e. The molecule has 0 amide bonds. The van der Waals surface area contributed by atoms with Crippen LogP contribution in [0.25, 0.3) is 21.3 Å². The molecule has 3 nitrogen and oxygen atoms in total. The van der Waals surface area contributed by atoms with Gasteiger partial charge in [-0.1, -0.05) is 39.0 Å². The van der Waals surface area contributed by atoms with Crippen LogP contribution in [-0.4, -0.2) is 15.0 Å². The Morgan fingerprint density at radius 3 is 2.61 bits per heavy atom. The number of nitrogens with one attached hydrogen (secondary N) is 1. The average Bonchev–Trinajstić information content (AvgIpc) is 3.09. The zero-order valence-corrected chi connectivity index (χ0v) is 14.4. The van der Waals surface area contributed by atoms with Gasteiger partial charge in [-0.3, -0.25) is 0 Å². The molecule has 0 aliphatic carbocycles. The highest BCUT2D eigenvalue weighted by Gasteiger charge is 2.18. The monoisotopic (exact) mass is 321 g/mol. The third kappa shape index (κ3) is 2.75. The normalized spacial score (nSPS) is 12.3. The van der Waals surface area contributed by atoms with Crippen molar-refractivity contribution < 1.29 is 0 Å². The molecule has 2 heterocycles. The molecule has 0 fully saturated rings. The number of para-hydroxylation sites is 2. The maximum absolute atomic E-state index is 4.76. The van der Waals surface area contributed by atoms with E-state index in [1.807, 2.05) is 18.2 Å². The Morgan fingerprint density at radius 1 is 1.00 bits per heavy atom. The van der Waals surface area contributed by atoms with Crippen molar-refractivity contribution in [2.75, 3.05) is 0 Å². The Balaban J connectivity index is 1.68. The zero-order valence-electron chi connectivity index (χ0n) is 13.6. The van der Waals surface area contributed by atoms with E-state index in [0.717, 1.165) is 28.8 Å². The smallest absolute Gasteiger partial charge is 0.111 e. The Hall–Kier alpha value is -2.20. The van der Waals surface area contributed by atoms with Crippen molar-refractivity contribution in [2.24, 2.45) is 0 Å². The predicted octanol–water partition coefficient (Wildman–Crippen LogP) is 5.06. The van der Waals surface area contributed by atoms with Gasteiger partial charge in [0, 0.05) is 11.8 Å². The van der Waals surface area contributed by atoms with Gasteiger partial charge in [-0.2, -0.15) is 0 Å². The number of imidazole rings is 1. The van der Waals surface area contributed by atoms with Gasteiger partial charge in [0.2, 0.25) is 0 Å². The molecule has 4 aromatic rings. The second-order valence-electron chi connectivity index (χ2n) is 6.95. The van der Waals surface area contributed by atoms with Crippen molar-refractivity contribution in [3.05, 3.63) is 58.9 Å². The van der Waals surface area contributed by atoms with Crippen LogP contribution >= 0.6 is 11.3 Å². The lowest BCUT2D eigenvalue weighted by atomic mass is 9.98. The molecule has 0 spiro atoms. The van der Waals surface area contributed by atoms with Crippen LogP contribution in [0.2, 0.25) is 0 Å². The van der Waals surface area contributed by atoms with Gasteiger partial charge < -0.3 is 4.98 Å². The SMILES string of the molecule is CC(C)(C)c1nc2ccc(Cc3nc4ccccc4[nH]3)cc2s1. The van der Waals surface area contributed by atoms with E-state index in [1.165, 1.54) is 15.3 Å². The molecule has 0 bridgehead atoms. The Kier molecular flexibility index (Phi) is 3.23. The summed E-state index contributed by atoms with van der Waals surface area (Å²) in [7, 11) is 0. The van der Waals surface area contributed by atoms with Crippen LogP contribution in [0.1, 0.15) is 37.2 Å². The van der Waals surface area contributed by atoms with Crippen LogP contribution in [-0.2, 0) is 11.8 Å². The van der Waals surface area contributed by atoms with E-state index in [1.54, 1.807) is 11.3 Å². The fraction of sp³-hybridized carbons (Fsp3) is 0.263. The largest absolute Gasteiger partial charge is 0.342 e. The Morgan fingerprint density at radius 2 is 1.83 bits per heavy atom. The summed E-state index contributed by atoms with van der Waals surface area (Å²) < 4.78 is 1.25. The molecule has 0 aliphatic rings. The molecule has 0 saturated carbocycles. The van der Waals surface area contributed by atoms with E-state index in [4.69, 9.17) is 4.98 Å². The maximum Gasteiger partial charge on any atom is 0.111 e. The van der Waals surface area contributed by atoms with Crippen molar-refractivity contribution in [2.45, 2.75) is 32.6 Å². The summed E-state index contributed by atoms with van der Waals surface area (Å²) in [6.07, 6.45) is 0.813. The summed E-state index contributed by atoms with van der Waals surface area (Å²) in [4.78, 5) is 12.8. The summed E-state index contributed by atoms with van der Waals surface area (Å²) in [5.74, 6) is 1.01. The van der Waals surface area contributed by atoms with Gasteiger partial charge in [0.1, 0.15) is 5.82 Å². The van der Waals surface area contributed by atoms with Gasteiger partial charge in [0.25, 0.3) is 0 Å². The average molecular weight is 321 g/mol. The van der Waals surface area contributed by atoms with Crippen molar-refractivity contribution in [3.8, 4) is 0 Å². The molecule has 0 radical (unpaired) electrons. The van der Waals surface area contributed by atoms with E-state index in [0.29, 0.717) is 0 Å². The third-order valence-electron chi connectivity index (χ3n) is 3.90. The molecular weight excluding hydrogens is 302 g/mol. The van der Waals surface area contributed by atoms with Gasteiger partial charge in [-0.05, 0) is 29.8 Å². The fourth-order valence-corrected chi connectivity index (χ4v) is 3.77. The highest BCUT2D eigenvalue weighted by atomic mass is 32.1. The van der Waals surface area contributed by atoms with E-state index in [-0.39, 0.29) is 5.41 Å². The number of fused-ring (bicyclic) bond motifs is 2. The molecule has 1 N–H and O–H groups in total. The number of hydrogen-bond donors (Lipinski definition) is 1. The molecule has 4 heteroatoms. The van der Waals surface area contributed by atoms with Crippen LogP contribution in [0.5, 0.6) is 0 Å². The highest BCUT2D eigenvalue weighted by Crippen LogP contribution is 2.31. The van der Waals surface area contributed by atoms with Crippen molar-refractivity contribution >= 4 is 32.6 Å². The predicted molar refractivity (Wildman–Crippen MR) is 97.2 cm³/mol. The number of benzene rings is 2. The summed E-state index contributed by atoms with van der Waals surface area (Å²) in [6.45, 7) is 6.63. The zero-order chi connectivity index (χ0) is 16.0. The summed E-state index contributed by atoms with van der Waals surface area (Å²) in [6, 6.07) is 14.7. The van der Waals surface area contributed by atoms with E-state index in [2.05, 4.69) is 55.0 Å². The molecule has 0 unspecified atom stereocenters. The second kappa shape index (κ2) is 5.17. The van der Waals surface area contributed by atoms with Crippen LogP contribution in [0.3, 0.4) is 0 Å². The van der Waals surface area contributed by atoms with E-state index in [9.17, 15) is 0 Å². The Labute approximate surface area is 139 Å². The number of thiazole rings is 1. The quantitative estimate of drug-likeness (QED) is 0.560. The topological polar surface area (TPSA) is 41.6 Å². The lowest BCUT2D eigenvalue weighted by Crippen LogP contribution is -2.09. The molecule has 2 aromatic carbocycles. The van der Waals surface area contributed by atoms with Gasteiger partial charge in [0.15, 0.2) is 0 Å². The lowest BCUT2D eigenvalue weighted by Gasteiger charge is -2.13. The number of rotatable bonds is 2. The van der Waals surface area contributed by atoms with Crippen LogP contribution in [0.15, 0.2) is 42.5 Å². The Bertz CT molecular complexity index is 956. The van der Waals surface area contributed by atoms with E-state index >= 15 is 0 Å². The van der Waals surface area contributed by atoms with Gasteiger partial charge in [-0.25, -0.2) is 9.97 Å². The summed E-state index contributed by atoms with van der Waals surface area (Å²) in [5, 5.41) is 1.19. The first-order chi connectivity index (χ1) is 11.0. The van der Waals surface area contributed by atoms with E-state index < -0.39 is 0 Å². The minimum absolute atomic E-state index is 0.0998. The third-order valence-corrected chi connectivity index (χ3v) is 5.35. The molecule has 0 saturated heterocycles. The summed E-state index contributed by atoms with van der Waals surface area (Å²) in [5.41, 5.74) is 4.57. The van der Waals surface area contributed by atoms with Crippen molar-refractivity contribution in [1.29, 1.82) is 0 Å². The molecule has 116 valence electrons. The first-order valence-corrected chi connectivity index (χ1v) is 8.64. The first kappa shape index (κ1) is 14.4. The molecule has 4 rings (SSSR count). The fourth-order valence-electron chi connectivity index (χ4n) is 2.68. The molecule has 0 atom stereocenters. The van der Waals surface area contributed by atoms with Gasteiger partial charge >= 0.3 is 0 Å².